The molecule has 0 saturated carbocycles. The van der Waals surface area contributed by atoms with Gasteiger partial charge in [-0.25, -0.2) is 9.97 Å². The van der Waals surface area contributed by atoms with Gasteiger partial charge in [-0.3, -0.25) is 0 Å². The van der Waals surface area contributed by atoms with Crippen molar-refractivity contribution in [2.45, 2.75) is 39.0 Å². The molecule has 1 saturated heterocycles. The molecule has 1 aliphatic rings. The summed E-state index contributed by atoms with van der Waals surface area (Å²) in [5, 5.41) is 3.37. The maximum absolute atomic E-state index is 4.81. The zero-order valence-electron chi connectivity index (χ0n) is 10.9. The number of nitrogens with zero attached hydrogens (tertiary/aromatic N) is 3. The average Bonchev–Trinajstić information content (AvgIpc) is 3.05. The molecule has 2 aromatic rings. The highest BCUT2D eigenvalue weighted by molar-refractivity contribution is 7.16. The van der Waals surface area contributed by atoms with Crippen LogP contribution in [0.1, 0.15) is 38.4 Å². The van der Waals surface area contributed by atoms with Crippen molar-refractivity contribution in [1.29, 1.82) is 0 Å². The van der Waals surface area contributed by atoms with E-state index in [1.807, 2.05) is 0 Å². The fourth-order valence-electron chi connectivity index (χ4n) is 2.50. The predicted molar refractivity (Wildman–Crippen MR) is 77.5 cm³/mol. The molecule has 0 N–H and O–H groups in total. The molecule has 0 spiro atoms. The minimum atomic E-state index is 1.01. The number of fused-ring (bicyclic) bond motifs is 1. The molecular weight excluding hydrogens is 242 g/mol. The van der Waals surface area contributed by atoms with Crippen LogP contribution in [-0.2, 0) is 6.42 Å². The maximum Gasteiger partial charge on any atom is 0.141 e. The number of rotatable bonds is 4. The first-order chi connectivity index (χ1) is 8.88. The van der Waals surface area contributed by atoms with Gasteiger partial charge in [-0.1, -0.05) is 13.3 Å². The van der Waals surface area contributed by atoms with Crippen LogP contribution < -0.4 is 4.90 Å². The first-order valence-corrected chi connectivity index (χ1v) is 7.75. The van der Waals surface area contributed by atoms with Gasteiger partial charge in [0, 0.05) is 19.5 Å². The van der Waals surface area contributed by atoms with Crippen LogP contribution in [0.2, 0.25) is 0 Å². The van der Waals surface area contributed by atoms with E-state index < -0.39 is 0 Å². The summed E-state index contributed by atoms with van der Waals surface area (Å²) in [6.07, 6.45) is 5.96. The molecule has 0 aliphatic carbocycles. The van der Waals surface area contributed by atoms with Gasteiger partial charge in [-0.2, -0.15) is 0 Å². The highest BCUT2D eigenvalue weighted by Crippen LogP contribution is 2.30. The number of aromatic nitrogens is 2. The second-order valence-corrected chi connectivity index (χ2v) is 5.80. The number of anilines is 1. The van der Waals surface area contributed by atoms with Crippen molar-refractivity contribution in [3.05, 3.63) is 17.3 Å². The minimum Gasteiger partial charge on any atom is -0.356 e. The van der Waals surface area contributed by atoms with E-state index in [-0.39, 0.29) is 0 Å². The van der Waals surface area contributed by atoms with E-state index in [0.29, 0.717) is 0 Å². The third-order valence-corrected chi connectivity index (χ3v) is 4.32. The zero-order chi connectivity index (χ0) is 12.4. The first kappa shape index (κ1) is 11.9. The summed E-state index contributed by atoms with van der Waals surface area (Å²) in [6.45, 7) is 4.51. The van der Waals surface area contributed by atoms with Crippen LogP contribution in [0.25, 0.3) is 10.2 Å². The van der Waals surface area contributed by atoms with E-state index in [2.05, 4.69) is 28.3 Å². The predicted octanol–water partition coefficient (Wildman–Crippen LogP) is 3.63. The molecular formula is C14H19N3S. The number of hydrogen-bond donors (Lipinski definition) is 0. The SMILES string of the molecule is CCCCc1nc(N2CCCC2)c2ccsc2n1. The Labute approximate surface area is 112 Å². The van der Waals surface area contributed by atoms with Crippen LogP contribution >= 0.6 is 11.3 Å². The summed E-state index contributed by atoms with van der Waals surface area (Å²) in [5.41, 5.74) is 0. The Bertz CT molecular complexity index is 529. The van der Waals surface area contributed by atoms with Crippen molar-refractivity contribution < 1.29 is 0 Å². The number of aryl methyl sites for hydroxylation is 1. The third-order valence-electron chi connectivity index (χ3n) is 3.51. The quantitative estimate of drug-likeness (QED) is 0.841. The second-order valence-electron chi connectivity index (χ2n) is 4.90. The normalized spacial score (nSPS) is 15.7. The van der Waals surface area contributed by atoms with Gasteiger partial charge in [0.2, 0.25) is 0 Å². The van der Waals surface area contributed by atoms with Crippen molar-refractivity contribution in [3.8, 4) is 0 Å². The Morgan fingerprint density at radius 3 is 2.89 bits per heavy atom. The molecule has 0 bridgehead atoms. The van der Waals surface area contributed by atoms with Gasteiger partial charge in [0.1, 0.15) is 16.5 Å². The van der Waals surface area contributed by atoms with Crippen LogP contribution in [0, 0.1) is 0 Å². The summed E-state index contributed by atoms with van der Waals surface area (Å²) in [6, 6.07) is 2.16. The van der Waals surface area contributed by atoms with Crippen molar-refractivity contribution in [1.82, 2.24) is 9.97 Å². The summed E-state index contributed by atoms with van der Waals surface area (Å²) < 4.78 is 0. The van der Waals surface area contributed by atoms with Crippen LogP contribution in [0.4, 0.5) is 5.82 Å². The van der Waals surface area contributed by atoms with Gasteiger partial charge in [0.05, 0.1) is 5.39 Å². The number of unbranched alkanes of at least 4 members (excludes halogenated alkanes) is 1. The molecule has 4 heteroatoms. The Balaban J connectivity index is 2.00. The molecule has 0 aromatic carbocycles. The van der Waals surface area contributed by atoms with Crippen LogP contribution in [0.5, 0.6) is 0 Å². The molecule has 18 heavy (non-hydrogen) atoms. The molecule has 0 atom stereocenters. The molecule has 0 amide bonds. The second kappa shape index (κ2) is 5.22. The van der Waals surface area contributed by atoms with Gasteiger partial charge in [0.15, 0.2) is 0 Å². The maximum atomic E-state index is 4.81. The first-order valence-electron chi connectivity index (χ1n) is 6.87. The third kappa shape index (κ3) is 2.21. The fourth-order valence-corrected chi connectivity index (χ4v) is 3.28. The molecule has 3 nitrogen and oxygen atoms in total. The van der Waals surface area contributed by atoms with E-state index in [0.717, 1.165) is 30.2 Å². The van der Waals surface area contributed by atoms with Gasteiger partial charge >= 0.3 is 0 Å². The molecule has 0 radical (unpaired) electrons. The van der Waals surface area contributed by atoms with E-state index in [4.69, 9.17) is 4.98 Å². The monoisotopic (exact) mass is 261 g/mol. The lowest BCUT2D eigenvalue weighted by Crippen LogP contribution is -2.20. The lowest BCUT2D eigenvalue weighted by atomic mass is 10.2. The Morgan fingerprint density at radius 1 is 1.28 bits per heavy atom. The van der Waals surface area contributed by atoms with Gasteiger partial charge in [-0.05, 0) is 30.7 Å². The van der Waals surface area contributed by atoms with E-state index >= 15 is 0 Å². The van der Waals surface area contributed by atoms with Crippen molar-refractivity contribution >= 4 is 27.4 Å². The highest BCUT2D eigenvalue weighted by Gasteiger charge is 2.18. The van der Waals surface area contributed by atoms with Gasteiger partial charge in [-0.15, -0.1) is 11.3 Å². The van der Waals surface area contributed by atoms with E-state index in [9.17, 15) is 0 Å². The molecule has 2 aromatic heterocycles. The summed E-state index contributed by atoms with van der Waals surface area (Å²) in [4.78, 5) is 13.1. The molecule has 0 unspecified atom stereocenters. The minimum absolute atomic E-state index is 1.01. The summed E-state index contributed by atoms with van der Waals surface area (Å²) >= 11 is 1.73. The topological polar surface area (TPSA) is 29.0 Å². The summed E-state index contributed by atoms with van der Waals surface area (Å²) in [5.74, 6) is 2.19. The lowest BCUT2D eigenvalue weighted by molar-refractivity contribution is 0.754. The Morgan fingerprint density at radius 2 is 2.11 bits per heavy atom. The zero-order valence-corrected chi connectivity index (χ0v) is 11.7. The number of hydrogen-bond acceptors (Lipinski definition) is 4. The van der Waals surface area contributed by atoms with Gasteiger partial charge < -0.3 is 4.90 Å². The van der Waals surface area contributed by atoms with E-state index in [1.54, 1.807) is 11.3 Å². The molecule has 1 fully saturated rings. The van der Waals surface area contributed by atoms with Crippen molar-refractivity contribution in [3.63, 3.8) is 0 Å². The molecule has 3 rings (SSSR count). The Kier molecular flexibility index (Phi) is 3.46. The van der Waals surface area contributed by atoms with Crippen LogP contribution in [0.3, 0.4) is 0 Å². The highest BCUT2D eigenvalue weighted by atomic mass is 32.1. The van der Waals surface area contributed by atoms with Crippen LogP contribution in [-0.4, -0.2) is 23.1 Å². The van der Waals surface area contributed by atoms with Crippen molar-refractivity contribution in [2.75, 3.05) is 18.0 Å². The average molecular weight is 261 g/mol. The standard InChI is InChI=1S/C14H19N3S/c1-2-3-6-12-15-13(17-8-4-5-9-17)11-7-10-18-14(11)16-12/h7,10H,2-6,8-9H2,1H3. The fraction of sp³-hybridized carbons (Fsp3) is 0.571. The molecule has 96 valence electrons. The number of thiophene rings is 1. The lowest BCUT2D eigenvalue weighted by Gasteiger charge is -2.18. The molecule has 3 heterocycles. The van der Waals surface area contributed by atoms with Gasteiger partial charge in [0.25, 0.3) is 0 Å². The smallest absolute Gasteiger partial charge is 0.141 e. The van der Waals surface area contributed by atoms with Crippen molar-refractivity contribution in [2.24, 2.45) is 0 Å². The van der Waals surface area contributed by atoms with E-state index in [1.165, 1.54) is 36.9 Å². The largest absolute Gasteiger partial charge is 0.356 e. The Hall–Kier alpha value is -1.16. The summed E-state index contributed by atoms with van der Waals surface area (Å²) in [7, 11) is 0. The molecule has 1 aliphatic heterocycles. The van der Waals surface area contributed by atoms with Crippen LogP contribution in [0.15, 0.2) is 11.4 Å².